The molecule has 2 aliphatic rings. The lowest BCUT2D eigenvalue weighted by molar-refractivity contribution is 0.0636. The summed E-state index contributed by atoms with van der Waals surface area (Å²) in [6.45, 7) is 2.95. The molecular formula is C7H11F2N. The van der Waals surface area contributed by atoms with Gasteiger partial charge in [-0.25, -0.2) is 8.78 Å². The van der Waals surface area contributed by atoms with Gasteiger partial charge in [-0.15, -0.1) is 0 Å². The average molecular weight is 147 g/mol. The van der Waals surface area contributed by atoms with Crippen LogP contribution in [0.25, 0.3) is 0 Å². The Bertz CT molecular complexity index is 169. The van der Waals surface area contributed by atoms with E-state index in [1.165, 1.54) is 0 Å². The SMILES string of the molecule is CC12CCNCC1C2(F)F. The van der Waals surface area contributed by atoms with E-state index in [2.05, 4.69) is 5.32 Å². The topological polar surface area (TPSA) is 12.0 Å². The van der Waals surface area contributed by atoms with Gasteiger partial charge in [-0.1, -0.05) is 6.92 Å². The molecule has 2 atom stereocenters. The Hall–Kier alpha value is -0.180. The van der Waals surface area contributed by atoms with Crippen LogP contribution in [0.15, 0.2) is 0 Å². The molecule has 58 valence electrons. The molecule has 1 saturated heterocycles. The minimum absolute atomic E-state index is 0.381. The van der Waals surface area contributed by atoms with E-state index >= 15 is 0 Å². The van der Waals surface area contributed by atoms with Crippen molar-refractivity contribution in [3.63, 3.8) is 0 Å². The monoisotopic (exact) mass is 147 g/mol. The summed E-state index contributed by atoms with van der Waals surface area (Å²) in [5, 5.41) is 2.98. The maximum absolute atomic E-state index is 12.8. The van der Waals surface area contributed by atoms with Crippen molar-refractivity contribution in [1.82, 2.24) is 5.32 Å². The van der Waals surface area contributed by atoms with Gasteiger partial charge in [0.1, 0.15) is 0 Å². The van der Waals surface area contributed by atoms with Crippen LogP contribution in [-0.2, 0) is 0 Å². The molecule has 1 saturated carbocycles. The van der Waals surface area contributed by atoms with Gasteiger partial charge in [-0.2, -0.15) is 0 Å². The Labute approximate surface area is 58.8 Å². The number of piperidine rings is 1. The molecule has 10 heavy (non-hydrogen) atoms. The smallest absolute Gasteiger partial charge is 0.258 e. The quantitative estimate of drug-likeness (QED) is 0.543. The predicted octanol–water partition coefficient (Wildman–Crippen LogP) is 1.25. The highest BCUT2D eigenvalue weighted by Crippen LogP contribution is 2.68. The van der Waals surface area contributed by atoms with Crippen LogP contribution >= 0.6 is 0 Å². The molecule has 1 nitrogen and oxygen atoms in total. The summed E-state index contributed by atoms with van der Waals surface area (Å²) >= 11 is 0. The van der Waals surface area contributed by atoms with Crippen LogP contribution in [-0.4, -0.2) is 19.0 Å². The van der Waals surface area contributed by atoms with Crippen LogP contribution < -0.4 is 5.32 Å². The highest BCUT2D eigenvalue weighted by atomic mass is 19.3. The zero-order valence-corrected chi connectivity index (χ0v) is 5.95. The van der Waals surface area contributed by atoms with Crippen molar-refractivity contribution < 1.29 is 8.78 Å². The summed E-state index contributed by atoms with van der Waals surface area (Å²) in [4.78, 5) is 0. The number of hydrogen-bond acceptors (Lipinski definition) is 1. The van der Waals surface area contributed by atoms with E-state index in [9.17, 15) is 8.78 Å². The van der Waals surface area contributed by atoms with Crippen molar-refractivity contribution in [2.45, 2.75) is 19.3 Å². The number of nitrogens with one attached hydrogen (secondary N) is 1. The fourth-order valence-electron chi connectivity index (χ4n) is 1.96. The highest BCUT2D eigenvalue weighted by molar-refractivity contribution is 5.17. The molecule has 2 unspecified atom stereocenters. The van der Waals surface area contributed by atoms with E-state index in [0.29, 0.717) is 13.0 Å². The first-order chi connectivity index (χ1) is 4.59. The van der Waals surface area contributed by atoms with Crippen LogP contribution in [0, 0.1) is 11.3 Å². The molecule has 0 radical (unpaired) electrons. The van der Waals surface area contributed by atoms with Gasteiger partial charge >= 0.3 is 0 Å². The Kier molecular flexibility index (Phi) is 0.994. The second kappa shape index (κ2) is 1.52. The van der Waals surface area contributed by atoms with Crippen LogP contribution in [0.4, 0.5) is 8.78 Å². The Morgan fingerprint density at radius 3 is 2.60 bits per heavy atom. The lowest BCUT2D eigenvalue weighted by Crippen LogP contribution is -2.27. The second-order valence-electron chi connectivity index (χ2n) is 3.55. The van der Waals surface area contributed by atoms with Crippen LogP contribution in [0.3, 0.4) is 0 Å². The molecular weight excluding hydrogens is 136 g/mol. The van der Waals surface area contributed by atoms with Gasteiger partial charge < -0.3 is 5.32 Å². The van der Waals surface area contributed by atoms with Crippen molar-refractivity contribution in [2.75, 3.05) is 13.1 Å². The minimum atomic E-state index is -2.38. The molecule has 0 aromatic rings. The summed E-state index contributed by atoms with van der Waals surface area (Å²) in [6, 6.07) is 0. The Balaban J connectivity index is 2.20. The molecule has 1 aliphatic heterocycles. The summed E-state index contributed by atoms with van der Waals surface area (Å²) < 4.78 is 25.7. The van der Waals surface area contributed by atoms with Gasteiger partial charge in [0.15, 0.2) is 0 Å². The molecule has 0 aromatic carbocycles. The molecule has 0 aromatic heterocycles. The third-order valence-electron chi connectivity index (χ3n) is 3.05. The highest BCUT2D eigenvalue weighted by Gasteiger charge is 2.77. The standard InChI is InChI=1S/C7H11F2N/c1-6-2-3-10-4-5(6)7(6,8)9/h5,10H,2-4H2,1H3. The number of rotatable bonds is 0. The predicted molar refractivity (Wildman–Crippen MR) is 34.0 cm³/mol. The lowest BCUT2D eigenvalue weighted by Gasteiger charge is -2.15. The van der Waals surface area contributed by atoms with E-state index in [-0.39, 0.29) is 5.92 Å². The summed E-state index contributed by atoms with van der Waals surface area (Å²) in [7, 11) is 0. The first kappa shape index (κ1) is 6.53. The maximum Gasteiger partial charge on any atom is 0.258 e. The molecule has 1 N–H and O–H groups in total. The number of halogens is 2. The third-order valence-corrected chi connectivity index (χ3v) is 3.05. The van der Waals surface area contributed by atoms with Crippen molar-refractivity contribution in [2.24, 2.45) is 11.3 Å². The fourth-order valence-corrected chi connectivity index (χ4v) is 1.96. The Morgan fingerprint density at radius 1 is 1.50 bits per heavy atom. The molecule has 0 amide bonds. The van der Waals surface area contributed by atoms with Crippen molar-refractivity contribution >= 4 is 0 Å². The zero-order chi connectivity index (χ0) is 7.41. The van der Waals surface area contributed by atoms with E-state index < -0.39 is 11.3 Å². The van der Waals surface area contributed by atoms with Gasteiger partial charge in [0, 0.05) is 17.9 Å². The molecule has 1 aliphatic carbocycles. The van der Waals surface area contributed by atoms with Gasteiger partial charge in [0.2, 0.25) is 0 Å². The number of fused-ring (bicyclic) bond motifs is 1. The molecule has 1 heterocycles. The van der Waals surface area contributed by atoms with E-state index in [1.54, 1.807) is 6.92 Å². The largest absolute Gasteiger partial charge is 0.316 e. The van der Waals surface area contributed by atoms with E-state index in [1.807, 2.05) is 0 Å². The van der Waals surface area contributed by atoms with Crippen molar-refractivity contribution in [3.8, 4) is 0 Å². The first-order valence-corrected chi connectivity index (χ1v) is 3.67. The minimum Gasteiger partial charge on any atom is -0.316 e. The third kappa shape index (κ3) is 0.506. The van der Waals surface area contributed by atoms with Gasteiger partial charge in [0.25, 0.3) is 5.92 Å². The van der Waals surface area contributed by atoms with E-state index in [4.69, 9.17) is 0 Å². The van der Waals surface area contributed by atoms with Gasteiger partial charge in [-0.05, 0) is 13.0 Å². The average Bonchev–Trinajstić information content (AvgIpc) is 2.30. The molecule has 3 heteroatoms. The zero-order valence-electron chi connectivity index (χ0n) is 5.95. The normalized spacial score (nSPS) is 50.1. The maximum atomic E-state index is 12.8. The summed E-state index contributed by atoms with van der Waals surface area (Å²) in [5.74, 6) is -2.76. The van der Waals surface area contributed by atoms with E-state index in [0.717, 1.165) is 6.54 Å². The second-order valence-corrected chi connectivity index (χ2v) is 3.55. The molecule has 2 rings (SSSR count). The van der Waals surface area contributed by atoms with Gasteiger partial charge in [0.05, 0.1) is 0 Å². The lowest BCUT2D eigenvalue weighted by atomic mass is 9.99. The molecule has 0 spiro atoms. The van der Waals surface area contributed by atoms with Crippen LogP contribution in [0.5, 0.6) is 0 Å². The molecule has 2 fully saturated rings. The van der Waals surface area contributed by atoms with Crippen LogP contribution in [0.2, 0.25) is 0 Å². The van der Waals surface area contributed by atoms with Crippen molar-refractivity contribution in [3.05, 3.63) is 0 Å². The summed E-state index contributed by atoms with van der Waals surface area (Å²) in [5.41, 5.74) is -0.655. The Morgan fingerprint density at radius 2 is 2.20 bits per heavy atom. The summed E-state index contributed by atoms with van der Waals surface area (Å²) in [6.07, 6.45) is 0.630. The van der Waals surface area contributed by atoms with Gasteiger partial charge in [-0.3, -0.25) is 0 Å². The number of alkyl halides is 2. The molecule has 0 bridgehead atoms. The van der Waals surface area contributed by atoms with Crippen LogP contribution in [0.1, 0.15) is 13.3 Å². The van der Waals surface area contributed by atoms with Crippen molar-refractivity contribution in [1.29, 1.82) is 0 Å². The number of hydrogen-bond donors (Lipinski definition) is 1. The first-order valence-electron chi connectivity index (χ1n) is 3.67. The fraction of sp³-hybridized carbons (Fsp3) is 1.00.